The Balaban J connectivity index is 2.26. The molecule has 0 bridgehead atoms. The normalized spacial score (nSPS) is 11.0. The van der Waals surface area contributed by atoms with E-state index in [0.717, 1.165) is 15.4 Å². The van der Waals surface area contributed by atoms with E-state index in [9.17, 15) is 0 Å². The maximum atomic E-state index is 8.88. The van der Waals surface area contributed by atoms with Crippen LogP contribution in [0.2, 0.25) is 0 Å². The summed E-state index contributed by atoms with van der Waals surface area (Å²) in [5.74, 6) is 0. The third-order valence-electron chi connectivity index (χ3n) is 2.50. The van der Waals surface area contributed by atoms with Gasteiger partial charge in [-0.15, -0.1) is 0 Å². The minimum Gasteiger partial charge on any atom is -0.193 e. The van der Waals surface area contributed by atoms with Gasteiger partial charge in [0.1, 0.15) is 0 Å². The number of nitrogens with zero attached hydrogens (tertiary/aromatic N) is 1. The predicted octanol–water partition coefficient (Wildman–Crippen LogP) is 4.65. The van der Waals surface area contributed by atoms with E-state index in [0.29, 0.717) is 0 Å². The van der Waals surface area contributed by atoms with Crippen LogP contribution in [-0.2, 0) is 0 Å². The number of thioether (sulfide) groups is 1. The van der Waals surface area contributed by atoms with Gasteiger partial charge in [0.2, 0.25) is 0 Å². The number of nitriles is 1. The first-order valence-electron chi connectivity index (χ1n) is 5.69. The molecule has 18 heavy (non-hydrogen) atoms. The zero-order valence-electron chi connectivity index (χ0n) is 10.1. The fourth-order valence-electron chi connectivity index (χ4n) is 1.57. The van der Waals surface area contributed by atoms with Crippen molar-refractivity contribution in [1.82, 2.24) is 0 Å². The molecule has 2 heteroatoms. The Hall–Kier alpha value is -1.98. The van der Waals surface area contributed by atoms with E-state index in [1.165, 1.54) is 5.56 Å². The Bertz CT molecular complexity index is 577. The Morgan fingerprint density at radius 1 is 1.06 bits per heavy atom. The fraction of sp³-hybridized carbons (Fsp3) is 0.0625. The molecule has 0 fully saturated rings. The maximum absolute atomic E-state index is 8.88. The van der Waals surface area contributed by atoms with Crippen LogP contribution in [0.5, 0.6) is 0 Å². The molecule has 2 aromatic rings. The lowest BCUT2D eigenvalue weighted by Gasteiger charge is -2.06. The summed E-state index contributed by atoms with van der Waals surface area (Å²) < 4.78 is 0. The molecule has 1 nitrogen and oxygen atoms in total. The molecule has 0 aliphatic carbocycles. The second-order valence-electron chi connectivity index (χ2n) is 3.92. The second kappa shape index (κ2) is 6.09. The highest BCUT2D eigenvalue weighted by atomic mass is 32.2. The number of benzene rings is 2. The minimum atomic E-state index is 0.974. The lowest BCUT2D eigenvalue weighted by atomic mass is 10.2. The average molecular weight is 251 g/mol. The highest BCUT2D eigenvalue weighted by molar-refractivity contribution is 8.08. The van der Waals surface area contributed by atoms with Gasteiger partial charge in [-0.25, -0.2) is 0 Å². The van der Waals surface area contributed by atoms with Crippen molar-refractivity contribution >= 4 is 16.7 Å². The van der Waals surface area contributed by atoms with Gasteiger partial charge in [0.15, 0.2) is 0 Å². The molecule has 0 saturated carbocycles. The zero-order chi connectivity index (χ0) is 12.8. The number of allylic oxidation sites excluding steroid dienone is 1. The van der Waals surface area contributed by atoms with Crippen molar-refractivity contribution in [2.24, 2.45) is 0 Å². The van der Waals surface area contributed by atoms with E-state index >= 15 is 0 Å². The molecule has 2 rings (SSSR count). The van der Waals surface area contributed by atoms with Crippen molar-refractivity contribution in [1.29, 1.82) is 5.26 Å². The highest BCUT2D eigenvalue weighted by Gasteiger charge is 2.03. The summed E-state index contributed by atoms with van der Waals surface area (Å²) in [5, 5.41) is 8.88. The average Bonchev–Trinajstić information content (AvgIpc) is 2.42. The van der Waals surface area contributed by atoms with Crippen LogP contribution in [0.3, 0.4) is 0 Å². The van der Waals surface area contributed by atoms with E-state index in [4.69, 9.17) is 5.26 Å². The quantitative estimate of drug-likeness (QED) is 0.585. The Morgan fingerprint density at radius 2 is 1.72 bits per heavy atom. The molecule has 0 aliphatic rings. The summed E-state index contributed by atoms with van der Waals surface area (Å²) in [7, 11) is 0. The van der Waals surface area contributed by atoms with Crippen molar-refractivity contribution in [2.45, 2.75) is 11.8 Å². The molecular weight excluding hydrogens is 238 g/mol. The molecule has 0 aromatic heterocycles. The molecule has 0 amide bonds. The van der Waals surface area contributed by atoms with Crippen LogP contribution >= 0.6 is 11.8 Å². The molecule has 2 aromatic carbocycles. The van der Waals surface area contributed by atoms with Crippen LogP contribution in [-0.4, -0.2) is 0 Å². The Morgan fingerprint density at radius 3 is 2.33 bits per heavy atom. The van der Waals surface area contributed by atoms with Crippen LogP contribution in [0, 0.1) is 18.3 Å². The first kappa shape index (κ1) is 12.5. The van der Waals surface area contributed by atoms with Gasteiger partial charge in [0, 0.05) is 15.9 Å². The van der Waals surface area contributed by atoms with Gasteiger partial charge < -0.3 is 0 Å². The molecule has 0 unspecified atom stereocenters. The first-order valence-corrected chi connectivity index (χ1v) is 6.51. The monoisotopic (exact) mass is 251 g/mol. The van der Waals surface area contributed by atoms with E-state index < -0.39 is 0 Å². The number of aryl methyl sites for hydroxylation is 1. The SMILES string of the molecule is Cc1ccc(S/C(=C\C#N)c2ccccc2)cc1. The van der Waals surface area contributed by atoms with Gasteiger partial charge in [0.05, 0.1) is 6.07 Å². The molecule has 0 radical (unpaired) electrons. The van der Waals surface area contributed by atoms with Gasteiger partial charge >= 0.3 is 0 Å². The van der Waals surface area contributed by atoms with Gasteiger partial charge in [-0.2, -0.15) is 5.26 Å². The van der Waals surface area contributed by atoms with Crippen LogP contribution in [0.1, 0.15) is 11.1 Å². The van der Waals surface area contributed by atoms with Crippen molar-refractivity contribution in [2.75, 3.05) is 0 Å². The van der Waals surface area contributed by atoms with E-state index in [2.05, 4.69) is 37.3 Å². The predicted molar refractivity (Wildman–Crippen MR) is 77.1 cm³/mol. The largest absolute Gasteiger partial charge is 0.193 e. The number of hydrogen-bond donors (Lipinski definition) is 0. The van der Waals surface area contributed by atoms with Crippen molar-refractivity contribution < 1.29 is 0 Å². The minimum absolute atomic E-state index is 0.974. The van der Waals surface area contributed by atoms with E-state index in [1.807, 2.05) is 30.3 Å². The molecule has 0 N–H and O–H groups in total. The standard InChI is InChI=1S/C16H13NS/c1-13-7-9-15(10-8-13)18-16(11-12-17)14-5-3-2-4-6-14/h2-11H,1H3/b16-11-. The summed E-state index contributed by atoms with van der Waals surface area (Å²) >= 11 is 1.61. The van der Waals surface area contributed by atoms with Crippen LogP contribution in [0.15, 0.2) is 65.6 Å². The van der Waals surface area contributed by atoms with Crippen LogP contribution in [0.25, 0.3) is 4.91 Å². The third-order valence-corrected chi connectivity index (χ3v) is 3.58. The summed E-state index contributed by atoms with van der Waals surface area (Å²) in [5.41, 5.74) is 2.31. The summed E-state index contributed by atoms with van der Waals surface area (Å²) in [6.45, 7) is 2.07. The van der Waals surface area contributed by atoms with Crippen molar-refractivity contribution in [3.05, 3.63) is 71.8 Å². The second-order valence-corrected chi connectivity index (χ2v) is 5.03. The van der Waals surface area contributed by atoms with Gasteiger partial charge in [0.25, 0.3) is 0 Å². The molecule has 0 atom stereocenters. The third kappa shape index (κ3) is 3.26. The van der Waals surface area contributed by atoms with Gasteiger partial charge in [-0.1, -0.05) is 59.8 Å². The maximum Gasteiger partial charge on any atom is 0.0924 e. The van der Waals surface area contributed by atoms with Crippen LogP contribution in [0.4, 0.5) is 0 Å². The van der Waals surface area contributed by atoms with Crippen LogP contribution < -0.4 is 0 Å². The molecule has 0 saturated heterocycles. The Labute approximate surface area is 112 Å². The zero-order valence-corrected chi connectivity index (χ0v) is 10.9. The topological polar surface area (TPSA) is 23.8 Å². The molecule has 88 valence electrons. The molecule has 0 heterocycles. The van der Waals surface area contributed by atoms with Crippen molar-refractivity contribution in [3.8, 4) is 6.07 Å². The highest BCUT2D eigenvalue weighted by Crippen LogP contribution is 2.33. The summed E-state index contributed by atoms with van der Waals surface area (Å²) in [4.78, 5) is 2.12. The number of hydrogen-bond acceptors (Lipinski definition) is 2. The summed E-state index contributed by atoms with van der Waals surface area (Å²) in [6, 6.07) is 20.4. The van der Waals surface area contributed by atoms with Gasteiger partial charge in [-0.05, 0) is 24.6 Å². The molecule has 0 aliphatic heterocycles. The summed E-state index contributed by atoms with van der Waals surface area (Å²) in [6.07, 6.45) is 1.60. The van der Waals surface area contributed by atoms with Crippen molar-refractivity contribution in [3.63, 3.8) is 0 Å². The lowest BCUT2D eigenvalue weighted by molar-refractivity contribution is 1.38. The number of rotatable bonds is 3. The van der Waals surface area contributed by atoms with E-state index in [-0.39, 0.29) is 0 Å². The van der Waals surface area contributed by atoms with E-state index in [1.54, 1.807) is 17.8 Å². The lowest BCUT2D eigenvalue weighted by Crippen LogP contribution is -1.80. The first-order chi connectivity index (χ1) is 8.79. The Kier molecular flexibility index (Phi) is 4.22. The molecule has 0 spiro atoms. The fourth-order valence-corrected chi connectivity index (χ4v) is 2.46. The smallest absolute Gasteiger partial charge is 0.0924 e. The molecular formula is C16H13NS. The van der Waals surface area contributed by atoms with Gasteiger partial charge in [-0.3, -0.25) is 0 Å².